The Morgan fingerprint density at radius 3 is 3.00 bits per heavy atom. The van der Waals surface area contributed by atoms with Crippen molar-refractivity contribution in [2.24, 2.45) is 0 Å². The minimum atomic E-state index is 0.417. The molecule has 0 unspecified atom stereocenters. The first-order valence-electron chi connectivity index (χ1n) is 4.95. The van der Waals surface area contributed by atoms with Crippen LogP contribution in [0.3, 0.4) is 0 Å². The second-order valence-electron chi connectivity index (χ2n) is 3.53. The van der Waals surface area contributed by atoms with E-state index in [4.69, 9.17) is 0 Å². The lowest BCUT2D eigenvalue weighted by molar-refractivity contribution is -0.107. The molecule has 0 spiro atoms. The summed E-state index contributed by atoms with van der Waals surface area (Å²) in [4.78, 5) is 10.5. The Morgan fingerprint density at radius 2 is 2.31 bits per heavy atom. The minimum Gasteiger partial charge on any atom is -0.303 e. The lowest BCUT2D eigenvalue weighted by atomic mass is 10.2. The minimum absolute atomic E-state index is 0.417. The van der Waals surface area contributed by atoms with Gasteiger partial charge in [-0.05, 0) is 25.1 Å². The summed E-state index contributed by atoms with van der Waals surface area (Å²) >= 11 is 3.42. The molecule has 0 saturated carbocycles. The molecular weight excluding hydrogens is 268 g/mol. The summed E-state index contributed by atoms with van der Waals surface area (Å²) in [7, 11) is 0. The van der Waals surface area contributed by atoms with Gasteiger partial charge in [-0.3, -0.25) is 0 Å². The first kappa shape index (κ1) is 11.1. The number of halogens is 1. The van der Waals surface area contributed by atoms with Gasteiger partial charge in [-0.25, -0.2) is 4.68 Å². The number of carbonyl (C=O) groups is 1. The van der Waals surface area contributed by atoms with Crippen LogP contribution in [-0.2, 0) is 11.2 Å². The molecular formula is C12H11BrN2O. The van der Waals surface area contributed by atoms with Gasteiger partial charge in [-0.15, -0.1) is 0 Å². The van der Waals surface area contributed by atoms with E-state index in [0.29, 0.717) is 6.42 Å². The molecule has 2 rings (SSSR count). The molecule has 0 saturated heterocycles. The predicted octanol–water partition coefficient (Wildman–Crippen LogP) is 2.68. The molecule has 0 aliphatic heterocycles. The van der Waals surface area contributed by atoms with E-state index in [1.54, 1.807) is 4.68 Å². The molecule has 0 aliphatic carbocycles. The highest BCUT2D eigenvalue weighted by Crippen LogP contribution is 2.16. The Hall–Kier alpha value is -1.42. The maximum absolute atomic E-state index is 10.5. The van der Waals surface area contributed by atoms with E-state index >= 15 is 0 Å². The SMILES string of the molecule is Cc1nn(-c2cccc(Br)c2)cc1CC=O. The highest BCUT2D eigenvalue weighted by Gasteiger charge is 2.05. The van der Waals surface area contributed by atoms with Crippen LogP contribution in [0.5, 0.6) is 0 Å². The van der Waals surface area contributed by atoms with E-state index in [2.05, 4.69) is 21.0 Å². The molecule has 3 nitrogen and oxygen atoms in total. The summed E-state index contributed by atoms with van der Waals surface area (Å²) in [5.74, 6) is 0. The monoisotopic (exact) mass is 278 g/mol. The zero-order valence-corrected chi connectivity index (χ0v) is 10.4. The lowest BCUT2D eigenvalue weighted by Gasteiger charge is -2.00. The number of rotatable bonds is 3. The molecule has 0 aliphatic rings. The van der Waals surface area contributed by atoms with Crippen molar-refractivity contribution >= 4 is 22.2 Å². The number of aromatic nitrogens is 2. The summed E-state index contributed by atoms with van der Waals surface area (Å²) in [6.45, 7) is 1.91. The fraction of sp³-hybridized carbons (Fsp3) is 0.167. The van der Waals surface area contributed by atoms with Gasteiger partial charge in [0, 0.05) is 22.7 Å². The first-order chi connectivity index (χ1) is 7.70. The van der Waals surface area contributed by atoms with E-state index < -0.39 is 0 Å². The quantitative estimate of drug-likeness (QED) is 0.810. The van der Waals surface area contributed by atoms with Crippen molar-refractivity contribution in [3.63, 3.8) is 0 Å². The van der Waals surface area contributed by atoms with Gasteiger partial charge in [-0.1, -0.05) is 22.0 Å². The first-order valence-corrected chi connectivity index (χ1v) is 5.74. The van der Waals surface area contributed by atoms with Gasteiger partial charge in [0.05, 0.1) is 11.4 Å². The Kier molecular flexibility index (Phi) is 3.19. The Balaban J connectivity index is 2.41. The Labute approximate surface area is 102 Å². The maximum Gasteiger partial charge on any atom is 0.124 e. The molecule has 0 amide bonds. The third-order valence-electron chi connectivity index (χ3n) is 2.38. The molecule has 0 atom stereocenters. The third kappa shape index (κ3) is 2.22. The fourth-order valence-corrected chi connectivity index (χ4v) is 1.92. The number of aryl methyl sites for hydroxylation is 1. The average Bonchev–Trinajstić information content (AvgIpc) is 2.61. The maximum atomic E-state index is 10.5. The number of benzene rings is 1. The summed E-state index contributed by atoms with van der Waals surface area (Å²) < 4.78 is 2.80. The molecule has 1 aromatic heterocycles. The molecule has 82 valence electrons. The molecule has 2 aromatic rings. The Morgan fingerprint density at radius 1 is 1.50 bits per heavy atom. The second-order valence-corrected chi connectivity index (χ2v) is 4.45. The van der Waals surface area contributed by atoms with Crippen molar-refractivity contribution in [1.29, 1.82) is 0 Å². The summed E-state index contributed by atoms with van der Waals surface area (Å²) in [6.07, 6.45) is 3.21. The molecule has 1 heterocycles. The van der Waals surface area contributed by atoms with E-state index in [0.717, 1.165) is 27.7 Å². The van der Waals surface area contributed by atoms with E-state index in [1.807, 2.05) is 37.4 Å². The van der Waals surface area contributed by atoms with Crippen LogP contribution in [0.4, 0.5) is 0 Å². The van der Waals surface area contributed by atoms with E-state index in [1.165, 1.54) is 0 Å². The highest BCUT2D eigenvalue weighted by molar-refractivity contribution is 9.10. The molecule has 16 heavy (non-hydrogen) atoms. The van der Waals surface area contributed by atoms with Crippen LogP contribution in [0.1, 0.15) is 11.3 Å². The summed E-state index contributed by atoms with van der Waals surface area (Å²) in [5, 5.41) is 4.38. The molecule has 1 aromatic carbocycles. The van der Waals surface area contributed by atoms with Crippen molar-refractivity contribution in [2.45, 2.75) is 13.3 Å². The average molecular weight is 279 g/mol. The normalized spacial score (nSPS) is 10.4. The summed E-state index contributed by atoms with van der Waals surface area (Å²) in [5.41, 5.74) is 2.84. The van der Waals surface area contributed by atoms with Gasteiger partial charge < -0.3 is 4.79 Å². The number of aldehydes is 1. The van der Waals surface area contributed by atoms with E-state index in [9.17, 15) is 4.79 Å². The highest BCUT2D eigenvalue weighted by atomic mass is 79.9. The van der Waals surface area contributed by atoms with Crippen LogP contribution in [0, 0.1) is 6.92 Å². The smallest absolute Gasteiger partial charge is 0.124 e. The molecule has 0 radical (unpaired) electrons. The Bertz CT molecular complexity index is 519. The van der Waals surface area contributed by atoms with Gasteiger partial charge >= 0.3 is 0 Å². The topological polar surface area (TPSA) is 34.9 Å². The van der Waals surface area contributed by atoms with Crippen LogP contribution in [0.15, 0.2) is 34.9 Å². The third-order valence-corrected chi connectivity index (χ3v) is 2.87. The zero-order valence-electron chi connectivity index (χ0n) is 8.85. The van der Waals surface area contributed by atoms with Gasteiger partial charge in [0.2, 0.25) is 0 Å². The van der Waals surface area contributed by atoms with Crippen molar-refractivity contribution in [3.8, 4) is 5.69 Å². The largest absolute Gasteiger partial charge is 0.303 e. The molecule has 0 N–H and O–H groups in total. The van der Waals surface area contributed by atoms with Gasteiger partial charge in [-0.2, -0.15) is 5.10 Å². The van der Waals surface area contributed by atoms with Crippen LogP contribution in [0.2, 0.25) is 0 Å². The van der Waals surface area contributed by atoms with Crippen molar-refractivity contribution < 1.29 is 4.79 Å². The standard InChI is InChI=1S/C12H11BrN2O/c1-9-10(5-6-16)8-15(14-9)12-4-2-3-11(13)7-12/h2-4,6-8H,5H2,1H3. The number of hydrogen-bond acceptors (Lipinski definition) is 2. The van der Waals surface area contributed by atoms with Crippen LogP contribution >= 0.6 is 15.9 Å². The van der Waals surface area contributed by atoms with Crippen molar-refractivity contribution in [2.75, 3.05) is 0 Å². The van der Waals surface area contributed by atoms with Crippen molar-refractivity contribution in [1.82, 2.24) is 9.78 Å². The zero-order chi connectivity index (χ0) is 11.5. The lowest BCUT2D eigenvalue weighted by Crippen LogP contribution is -1.94. The molecule has 0 bridgehead atoms. The van der Waals surface area contributed by atoms with Gasteiger partial charge in [0.15, 0.2) is 0 Å². The van der Waals surface area contributed by atoms with Crippen LogP contribution in [0.25, 0.3) is 5.69 Å². The summed E-state index contributed by atoms with van der Waals surface area (Å²) in [6, 6.07) is 7.88. The molecule has 4 heteroatoms. The fourth-order valence-electron chi connectivity index (χ4n) is 1.54. The van der Waals surface area contributed by atoms with Crippen molar-refractivity contribution in [3.05, 3.63) is 46.2 Å². The second kappa shape index (κ2) is 4.61. The number of hydrogen-bond donors (Lipinski definition) is 0. The van der Waals surface area contributed by atoms with Crippen LogP contribution in [-0.4, -0.2) is 16.1 Å². The number of carbonyl (C=O) groups excluding carboxylic acids is 1. The molecule has 0 fully saturated rings. The van der Waals surface area contributed by atoms with Crippen LogP contribution < -0.4 is 0 Å². The predicted molar refractivity (Wildman–Crippen MR) is 65.8 cm³/mol. The van der Waals surface area contributed by atoms with Gasteiger partial charge in [0.25, 0.3) is 0 Å². The van der Waals surface area contributed by atoms with E-state index in [-0.39, 0.29) is 0 Å². The van der Waals surface area contributed by atoms with Gasteiger partial charge in [0.1, 0.15) is 6.29 Å². The number of nitrogens with zero attached hydrogens (tertiary/aromatic N) is 2.